The molecule has 0 aromatic rings. The number of unbranched alkanes of at least 4 members (excludes halogenated alkanes) is 2. The molecule has 0 aliphatic rings. The number of imide groups is 1. The van der Waals surface area contributed by atoms with Crippen molar-refractivity contribution < 1.29 is 19.5 Å². The summed E-state index contributed by atoms with van der Waals surface area (Å²) in [6.45, 7) is 3.27. The molecule has 0 atom stereocenters. The van der Waals surface area contributed by atoms with Crippen LogP contribution in [-0.4, -0.2) is 29.6 Å². The Morgan fingerprint density at radius 2 is 1.89 bits per heavy atom. The largest absolute Gasteiger partial charge is 0.481 e. The van der Waals surface area contributed by atoms with E-state index in [-0.39, 0.29) is 6.42 Å². The van der Waals surface area contributed by atoms with Crippen molar-refractivity contribution in [1.29, 1.82) is 0 Å². The predicted octanol–water partition coefficient (Wildman–Crippen LogP) is 1.12. The maximum Gasteiger partial charge on any atom is 0.321 e. The van der Waals surface area contributed by atoms with Crippen molar-refractivity contribution in [2.45, 2.75) is 39.5 Å². The number of carbonyl (C=O) groups excluding carboxylic acids is 2. The van der Waals surface area contributed by atoms with Crippen LogP contribution in [0.5, 0.6) is 0 Å². The zero-order valence-electron chi connectivity index (χ0n) is 11.3. The molecule has 0 radical (unpaired) electrons. The second kappa shape index (κ2) is 8.14. The van der Waals surface area contributed by atoms with Crippen LogP contribution in [0.2, 0.25) is 0 Å². The minimum atomic E-state index is -1.20. The molecule has 0 spiro atoms. The van der Waals surface area contributed by atoms with E-state index in [9.17, 15) is 14.4 Å². The summed E-state index contributed by atoms with van der Waals surface area (Å²) in [5.74, 6) is 0.783. The van der Waals surface area contributed by atoms with Gasteiger partial charge in [0.2, 0.25) is 5.91 Å². The van der Waals surface area contributed by atoms with Gasteiger partial charge in [0.05, 0.1) is 5.41 Å². The molecule has 3 N–H and O–H groups in total. The quantitative estimate of drug-likeness (QED) is 0.476. The summed E-state index contributed by atoms with van der Waals surface area (Å²) in [5.41, 5.74) is -1.20. The summed E-state index contributed by atoms with van der Waals surface area (Å²) in [5, 5.41) is 13.4. The molecular weight excluding hydrogens is 248 g/mol. The number of amides is 3. The lowest BCUT2D eigenvalue weighted by Gasteiger charge is -2.17. The third-order valence-corrected chi connectivity index (χ3v) is 2.47. The summed E-state index contributed by atoms with van der Waals surface area (Å²) >= 11 is 0. The number of urea groups is 1. The third-order valence-electron chi connectivity index (χ3n) is 2.47. The second-order valence-corrected chi connectivity index (χ2v) is 4.83. The van der Waals surface area contributed by atoms with E-state index in [1.807, 2.05) is 0 Å². The lowest BCUT2D eigenvalue weighted by atomic mass is 9.89. The zero-order valence-corrected chi connectivity index (χ0v) is 11.3. The van der Waals surface area contributed by atoms with E-state index in [0.717, 1.165) is 12.8 Å². The van der Waals surface area contributed by atoms with Gasteiger partial charge in [0.25, 0.3) is 0 Å². The number of nitrogens with one attached hydrogen (secondary N) is 2. The predicted molar refractivity (Wildman–Crippen MR) is 70.3 cm³/mol. The number of hydrogen-bond donors (Lipinski definition) is 3. The highest BCUT2D eigenvalue weighted by Gasteiger charge is 2.30. The standard InChI is InChI=1S/C13H20N2O4/c1-4-5-6-7-8-14-12(19)15-10(16)9-13(2,3)11(17)18/h1H,5-9H2,2-3H3,(H,17,18)(H2,14,15,16,19). The van der Waals surface area contributed by atoms with Gasteiger partial charge in [-0.2, -0.15) is 0 Å². The molecule has 0 bridgehead atoms. The van der Waals surface area contributed by atoms with E-state index in [2.05, 4.69) is 16.6 Å². The highest BCUT2D eigenvalue weighted by molar-refractivity contribution is 5.96. The first-order valence-corrected chi connectivity index (χ1v) is 6.04. The molecule has 0 saturated carbocycles. The Balaban J connectivity index is 3.91. The van der Waals surface area contributed by atoms with Gasteiger partial charge in [-0.15, -0.1) is 12.3 Å². The summed E-state index contributed by atoms with van der Waals surface area (Å²) in [6, 6.07) is -0.619. The van der Waals surface area contributed by atoms with Gasteiger partial charge in [-0.3, -0.25) is 14.9 Å². The fourth-order valence-electron chi connectivity index (χ4n) is 1.25. The Labute approximate surface area is 112 Å². The van der Waals surface area contributed by atoms with Gasteiger partial charge in [0.1, 0.15) is 0 Å². The average Bonchev–Trinajstić information content (AvgIpc) is 2.27. The molecule has 0 aliphatic carbocycles. The Hall–Kier alpha value is -2.03. The van der Waals surface area contributed by atoms with Crippen molar-refractivity contribution in [3.63, 3.8) is 0 Å². The Bertz CT molecular complexity index is 383. The SMILES string of the molecule is C#CCCCCNC(=O)NC(=O)CC(C)(C)C(=O)O. The molecule has 6 heteroatoms. The van der Waals surface area contributed by atoms with Crippen LogP contribution < -0.4 is 10.6 Å². The maximum absolute atomic E-state index is 11.4. The number of aliphatic carboxylic acids is 1. The van der Waals surface area contributed by atoms with Gasteiger partial charge >= 0.3 is 12.0 Å². The van der Waals surface area contributed by atoms with Gasteiger partial charge in [0.15, 0.2) is 0 Å². The Morgan fingerprint density at radius 1 is 1.26 bits per heavy atom. The maximum atomic E-state index is 11.4. The number of carboxylic acids is 1. The van der Waals surface area contributed by atoms with Crippen LogP contribution >= 0.6 is 0 Å². The topological polar surface area (TPSA) is 95.5 Å². The molecular formula is C13H20N2O4. The number of rotatable bonds is 7. The van der Waals surface area contributed by atoms with E-state index in [4.69, 9.17) is 11.5 Å². The molecule has 0 aromatic carbocycles. The minimum Gasteiger partial charge on any atom is -0.481 e. The number of terminal acetylenes is 1. The fraction of sp³-hybridized carbons (Fsp3) is 0.615. The number of carboxylic acid groups (broad SMARTS) is 1. The van der Waals surface area contributed by atoms with Crippen LogP contribution in [0.15, 0.2) is 0 Å². The third kappa shape index (κ3) is 7.82. The van der Waals surface area contributed by atoms with Gasteiger partial charge < -0.3 is 10.4 Å². The van der Waals surface area contributed by atoms with Crippen molar-refractivity contribution in [2.24, 2.45) is 5.41 Å². The molecule has 0 unspecified atom stereocenters. The van der Waals surface area contributed by atoms with Crippen molar-refractivity contribution in [3.05, 3.63) is 0 Å². The van der Waals surface area contributed by atoms with Crippen LogP contribution in [0.25, 0.3) is 0 Å². The minimum absolute atomic E-state index is 0.257. The second-order valence-electron chi connectivity index (χ2n) is 4.83. The summed E-state index contributed by atoms with van der Waals surface area (Å²) < 4.78 is 0. The van der Waals surface area contributed by atoms with Gasteiger partial charge in [-0.05, 0) is 26.7 Å². The van der Waals surface area contributed by atoms with E-state index in [0.29, 0.717) is 13.0 Å². The fourth-order valence-corrected chi connectivity index (χ4v) is 1.25. The summed E-state index contributed by atoms with van der Waals surface area (Å²) in [4.78, 5) is 33.6. The summed E-state index contributed by atoms with van der Waals surface area (Å²) in [6.07, 6.45) is 7.00. The van der Waals surface area contributed by atoms with Crippen molar-refractivity contribution in [2.75, 3.05) is 6.54 Å². The normalized spacial score (nSPS) is 10.4. The Kier molecular flexibility index (Phi) is 7.27. The first kappa shape index (κ1) is 17.0. The molecule has 106 valence electrons. The molecule has 0 aliphatic heterocycles. The Morgan fingerprint density at radius 3 is 2.42 bits per heavy atom. The van der Waals surface area contributed by atoms with Crippen LogP contribution in [0.4, 0.5) is 4.79 Å². The van der Waals surface area contributed by atoms with E-state index >= 15 is 0 Å². The molecule has 0 saturated heterocycles. The molecule has 6 nitrogen and oxygen atoms in total. The first-order chi connectivity index (χ1) is 8.79. The smallest absolute Gasteiger partial charge is 0.321 e. The number of hydrogen-bond acceptors (Lipinski definition) is 3. The van der Waals surface area contributed by atoms with Crippen LogP contribution in [0.3, 0.4) is 0 Å². The van der Waals surface area contributed by atoms with Crippen molar-refractivity contribution in [1.82, 2.24) is 10.6 Å². The number of carbonyl (C=O) groups is 3. The van der Waals surface area contributed by atoms with Crippen LogP contribution in [-0.2, 0) is 9.59 Å². The van der Waals surface area contributed by atoms with E-state index in [1.165, 1.54) is 13.8 Å². The van der Waals surface area contributed by atoms with Crippen LogP contribution in [0, 0.1) is 17.8 Å². The lowest BCUT2D eigenvalue weighted by molar-refractivity contribution is -0.149. The monoisotopic (exact) mass is 268 g/mol. The molecule has 0 heterocycles. The highest BCUT2D eigenvalue weighted by atomic mass is 16.4. The lowest BCUT2D eigenvalue weighted by Crippen LogP contribution is -2.42. The van der Waals surface area contributed by atoms with E-state index in [1.54, 1.807) is 0 Å². The molecule has 3 amide bonds. The molecule has 0 rings (SSSR count). The first-order valence-electron chi connectivity index (χ1n) is 6.04. The molecule has 0 aromatic heterocycles. The van der Waals surface area contributed by atoms with Crippen molar-refractivity contribution in [3.8, 4) is 12.3 Å². The molecule has 0 fully saturated rings. The van der Waals surface area contributed by atoms with Gasteiger partial charge in [0, 0.05) is 19.4 Å². The van der Waals surface area contributed by atoms with E-state index < -0.39 is 23.3 Å². The van der Waals surface area contributed by atoms with Gasteiger partial charge in [-0.25, -0.2) is 4.79 Å². The van der Waals surface area contributed by atoms with Gasteiger partial charge in [-0.1, -0.05) is 0 Å². The zero-order chi connectivity index (χ0) is 14.9. The molecule has 19 heavy (non-hydrogen) atoms. The van der Waals surface area contributed by atoms with Crippen molar-refractivity contribution >= 4 is 17.9 Å². The summed E-state index contributed by atoms with van der Waals surface area (Å²) in [7, 11) is 0. The average molecular weight is 268 g/mol. The highest BCUT2D eigenvalue weighted by Crippen LogP contribution is 2.19. The van der Waals surface area contributed by atoms with Crippen LogP contribution in [0.1, 0.15) is 39.5 Å².